The van der Waals surface area contributed by atoms with Gasteiger partial charge in [0.25, 0.3) is 5.91 Å². The first-order chi connectivity index (χ1) is 12.5. The SMILES string of the molecule is Cc1nc(C(C)(C)C)sc1C(=O)Nc1nnc(C(F)(F)C(F)(F)C(F)(F)F)s1. The number of thiazole rings is 1. The molecule has 0 radical (unpaired) electrons. The van der Waals surface area contributed by atoms with E-state index in [1.807, 2.05) is 20.8 Å². The van der Waals surface area contributed by atoms with E-state index in [-0.39, 0.29) is 21.6 Å². The summed E-state index contributed by atoms with van der Waals surface area (Å²) in [5, 5.41) is 5.92. The summed E-state index contributed by atoms with van der Waals surface area (Å²) in [6.07, 6.45) is -6.49. The van der Waals surface area contributed by atoms with Gasteiger partial charge in [0, 0.05) is 5.41 Å². The van der Waals surface area contributed by atoms with Crippen molar-refractivity contribution in [2.75, 3.05) is 5.32 Å². The quantitative estimate of drug-likeness (QED) is 0.655. The summed E-state index contributed by atoms with van der Waals surface area (Å²) in [7, 11) is 0. The van der Waals surface area contributed by atoms with E-state index in [0.29, 0.717) is 10.7 Å². The van der Waals surface area contributed by atoms with Crippen LogP contribution in [0.15, 0.2) is 0 Å². The first-order valence-corrected chi connectivity index (χ1v) is 9.07. The summed E-state index contributed by atoms with van der Waals surface area (Å²) in [5.74, 6) is -12.8. The Hall–Kier alpha value is -1.83. The summed E-state index contributed by atoms with van der Waals surface area (Å²) in [5.41, 5.74) is -0.0270. The van der Waals surface area contributed by atoms with Crippen molar-refractivity contribution >= 4 is 33.7 Å². The van der Waals surface area contributed by atoms with Crippen molar-refractivity contribution in [3.63, 3.8) is 0 Å². The van der Waals surface area contributed by atoms with Crippen LogP contribution in [0.4, 0.5) is 35.9 Å². The molecular formula is C14H13F7N4OS2. The molecule has 2 rings (SSSR count). The molecule has 28 heavy (non-hydrogen) atoms. The van der Waals surface area contributed by atoms with Gasteiger partial charge in [-0.1, -0.05) is 32.1 Å². The summed E-state index contributed by atoms with van der Waals surface area (Å²) in [4.78, 5) is 16.6. The molecule has 0 aliphatic rings. The molecule has 0 atom stereocenters. The number of nitrogens with one attached hydrogen (secondary N) is 1. The maximum absolute atomic E-state index is 13.6. The molecular weight excluding hydrogens is 437 g/mol. The van der Waals surface area contributed by atoms with Gasteiger partial charge in [-0.25, -0.2) is 4.98 Å². The molecule has 1 N–H and O–H groups in total. The maximum Gasteiger partial charge on any atom is 0.460 e. The molecule has 156 valence electrons. The average molecular weight is 450 g/mol. The summed E-state index contributed by atoms with van der Waals surface area (Å²) < 4.78 is 90.1. The topological polar surface area (TPSA) is 67.8 Å². The summed E-state index contributed by atoms with van der Waals surface area (Å²) in [6.45, 7) is 7.09. The number of amides is 1. The van der Waals surface area contributed by atoms with E-state index in [0.717, 1.165) is 11.3 Å². The Balaban J connectivity index is 2.26. The Kier molecular flexibility index (Phi) is 5.53. The van der Waals surface area contributed by atoms with Crippen LogP contribution in [0.25, 0.3) is 0 Å². The summed E-state index contributed by atoms with van der Waals surface area (Å²) in [6, 6.07) is 0. The zero-order valence-corrected chi connectivity index (χ0v) is 16.3. The molecule has 14 heteroatoms. The van der Waals surface area contributed by atoms with Crippen molar-refractivity contribution in [3.05, 3.63) is 20.6 Å². The van der Waals surface area contributed by atoms with Crippen LogP contribution in [0.1, 0.15) is 46.2 Å². The fraction of sp³-hybridized carbons (Fsp3) is 0.571. The summed E-state index contributed by atoms with van der Waals surface area (Å²) >= 11 is 0.754. The number of hydrogen-bond donors (Lipinski definition) is 1. The highest BCUT2D eigenvalue weighted by Crippen LogP contribution is 2.52. The lowest BCUT2D eigenvalue weighted by atomic mass is 9.98. The highest BCUT2D eigenvalue weighted by Gasteiger charge is 2.75. The van der Waals surface area contributed by atoms with Crippen molar-refractivity contribution in [2.45, 2.75) is 51.1 Å². The Morgan fingerprint density at radius 3 is 1.96 bits per heavy atom. The van der Waals surface area contributed by atoms with Gasteiger partial charge < -0.3 is 0 Å². The van der Waals surface area contributed by atoms with E-state index in [9.17, 15) is 35.5 Å². The van der Waals surface area contributed by atoms with Gasteiger partial charge >= 0.3 is 18.0 Å². The third kappa shape index (κ3) is 3.97. The number of hydrogen-bond acceptors (Lipinski definition) is 6. The van der Waals surface area contributed by atoms with Gasteiger partial charge in [-0.2, -0.15) is 30.7 Å². The van der Waals surface area contributed by atoms with Crippen molar-refractivity contribution < 1.29 is 35.5 Å². The van der Waals surface area contributed by atoms with E-state index < -0.39 is 34.1 Å². The minimum absolute atomic E-state index is 0.119. The number of rotatable bonds is 4. The van der Waals surface area contributed by atoms with E-state index in [2.05, 4.69) is 20.5 Å². The van der Waals surface area contributed by atoms with Crippen LogP contribution in [0.2, 0.25) is 0 Å². The van der Waals surface area contributed by atoms with Gasteiger partial charge in [-0.05, 0) is 6.92 Å². The van der Waals surface area contributed by atoms with E-state index in [1.54, 1.807) is 0 Å². The first-order valence-electron chi connectivity index (χ1n) is 7.44. The molecule has 0 bridgehead atoms. The fourth-order valence-electron chi connectivity index (χ4n) is 1.79. The number of anilines is 1. The number of nitrogens with zero attached hydrogens (tertiary/aromatic N) is 3. The molecule has 2 aromatic heterocycles. The molecule has 0 aromatic carbocycles. The van der Waals surface area contributed by atoms with Crippen molar-refractivity contribution in [1.29, 1.82) is 0 Å². The second-order valence-electron chi connectivity index (χ2n) is 6.70. The van der Waals surface area contributed by atoms with Crippen molar-refractivity contribution in [2.24, 2.45) is 0 Å². The zero-order chi connectivity index (χ0) is 21.7. The van der Waals surface area contributed by atoms with Crippen LogP contribution >= 0.6 is 22.7 Å². The highest BCUT2D eigenvalue weighted by molar-refractivity contribution is 7.16. The van der Waals surface area contributed by atoms with Gasteiger partial charge in [0.1, 0.15) is 4.88 Å². The molecule has 0 saturated carbocycles. The number of alkyl halides is 7. The van der Waals surface area contributed by atoms with E-state index >= 15 is 0 Å². The van der Waals surface area contributed by atoms with Crippen molar-refractivity contribution in [1.82, 2.24) is 15.2 Å². The lowest BCUT2D eigenvalue weighted by Gasteiger charge is -2.25. The van der Waals surface area contributed by atoms with E-state index in [4.69, 9.17) is 0 Å². The highest BCUT2D eigenvalue weighted by atomic mass is 32.1. The molecule has 0 aliphatic heterocycles. The minimum atomic E-state index is -6.49. The normalized spacial score (nSPS) is 13.7. The van der Waals surface area contributed by atoms with Crippen LogP contribution in [-0.2, 0) is 11.3 Å². The molecule has 0 spiro atoms. The Labute approximate surface area is 162 Å². The number of halogens is 7. The van der Waals surface area contributed by atoms with Gasteiger partial charge in [-0.3, -0.25) is 10.1 Å². The second kappa shape index (κ2) is 6.90. The smallest absolute Gasteiger partial charge is 0.296 e. The van der Waals surface area contributed by atoms with Crippen molar-refractivity contribution in [3.8, 4) is 0 Å². The Bertz CT molecular complexity index is 883. The molecule has 0 unspecified atom stereocenters. The Morgan fingerprint density at radius 1 is 0.929 bits per heavy atom. The first kappa shape index (κ1) is 22.5. The monoisotopic (exact) mass is 450 g/mol. The lowest BCUT2D eigenvalue weighted by Crippen LogP contribution is -2.50. The lowest BCUT2D eigenvalue weighted by molar-refractivity contribution is -0.359. The molecule has 2 heterocycles. The predicted molar refractivity (Wildman–Crippen MR) is 88.3 cm³/mol. The van der Waals surface area contributed by atoms with Crippen LogP contribution in [0.5, 0.6) is 0 Å². The fourth-order valence-corrected chi connectivity index (χ4v) is 3.56. The van der Waals surface area contributed by atoms with Gasteiger partial charge in [0.05, 0.1) is 10.7 Å². The van der Waals surface area contributed by atoms with Crippen LogP contribution in [0.3, 0.4) is 0 Å². The maximum atomic E-state index is 13.6. The van der Waals surface area contributed by atoms with E-state index in [1.165, 1.54) is 6.92 Å². The molecule has 0 saturated heterocycles. The van der Waals surface area contributed by atoms with Crippen LogP contribution in [-0.4, -0.2) is 33.2 Å². The number of aromatic nitrogens is 3. The molecule has 0 fully saturated rings. The average Bonchev–Trinajstić information content (AvgIpc) is 3.12. The number of carbonyl (C=O) groups is 1. The van der Waals surface area contributed by atoms with Crippen LogP contribution in [0, 0.1) is 6.92 Å². The third-order valence-electron chi connectivity index (χ3n) is 3.31. The standard InChI is InChI=1S/C14H13F7N4OS2/c1-5-6(27-8(22-5)11(2,3)4)7(26)23-10-25-24-9(28-10)12(15,16)13(17,18)14(19,20)21/h1-4H3,(H,23,25,26). The van der Waals surface area contributed by atoms with Gasteiger partial charge in [0.15, 0.2) is 5.01 Å². The molecule has 1 amide bonds. The zero-order valence-electron chi connectivity index (χ0n) is 14.7. The largest absolute Gasteiger partial charge is 0.460 e. The molecule has 0 aliphatic carbocycles. The number of carbonyl (C=O) groups excluding carboxylic acids is 1. The minimum Gasteiger partial charge on any atom is -0.296 e. The second-order valence-corrected chi connectivity index (χ2v) is 8.67. The third-order valence-corrected chi connectivity index (χ3v) is 5.80. The van der Waals surface area contributed by atoms with Crippen LogP contribution < -0.4 is 5.32 Å². The Morgan fingerprint density at radius 2 is 1.50 bits per heavy atom. The molecule has 5 nitrogen and oxygen atoms in total. The predicted octanol–water partition coefficient (Wildman–Crippen LogP) is 5.14. The molecule has 2 aromatic rings. The number of aryl methyl sites for hydroxylation is 1. The van der Waals surface area contributed by atoms with Gasteiger partial charge in [-0.15, -0.1) is 21.5 Å². The van der Waals surface area contributed by atoms with Gasteiger partial charge in [0.2, 0.25) is 5.13 Å².